The van der Waals surface area contributed by atoms with Crippen molar-refractivity contribution < 1.29 is 23.8 Å². The summed E-state index contributed by atoms with van der Waals surface area (Å²) in [6.07, 6.45) is 0. The molecule has 0 radical (unpaired) electrons. The van der Waals surface area contributed by atoms with Crippen LogP contribution in [0.3, 0.4) is 0 Å². The number of nitrogens with zero attached hydrogens (tertiary/aromatic N) is 1. The molecule has 29 heavy (non-hydrogen) atoms. The zero-order valence-electron chi connectivity index (χ0n) is 16.6. The highest BCUT2D eigenvalue weighted by molar-refractivity contribution is 9.10. The largest absolute Gasteiger partial charge is 0.494 e. The van der Waals surface area contributed by atoms with Crippen LogP contribution in [0, 0.1) is 5.82 Å². The molecule has 0 unspecified atom stereocenters. The van der Waals surface area contributed by atoms with Gasteiger partial charge < -0.3 is 19.9 Å². The summed E-state index contributed by atoms with van der Waals surface area (Å²) in [7, 11) is 0. The van der Waals surface area contributed by atoms with Crippen molar-refractivity contribution in [1.29, 1.82) is 0 Å². The predicted octanol–water partition coefficient (Wildman–Crippen LogP) is 3.82. The molecule has 0 aromatic heterocycles. The molecule has 158 valence electrons. The van der Waals surface area contributed by atoms with Gasteiger partial charge in [-0.15, -0.1) is 0 Å². The molecule has 8 heteroatoms. The topological polar surface area (TPSA) is 71.0 Å². The molecule has 0 heterocycles. The first-order valence-corrected chi connectivity index (χ1v) is 10.2. The van der Waals surface area contributed by atoms with E-state index in [9.17, 15) is 14.3 Å². The van der Waals surface area contributed by atoms with Crippen molar-refractivity contribution in [3.63, 3.8) is 0 Å². The number of aliphatic hydroxyl groups excluding tert-OH is 1. The number of nitrogens with one attached hydrogen (secondary N) is 1. The van der Waals surface area contributed by atoms with Gasteiger partial charge in [0, 0.05) is 29.2 Å². The van der Waals surface area contributed by atoms with Gasteiger partial charge in [-0.1, -0.05) is 15.9 Å². The summed E-state index contributed by atoms with van der Waals surface area (Å²) < 4.78 is 25.9. The molecule has 2 rings (SSSR count). The van der Waals surface area contributed by atoms with E-state index in [-0.39, 0.29) is 38.0 Å². The Morgan fingerprint density at radius 2 is 1.93 bits per heavy atom. The normalized spacial score (nSPS) is 10.8. The lowest BCUT2D eigenvalue weighted by Crippen LogP contribution is -2.35. The van der Waals surface area contributed by atoms with Gasteiger partial charge in [0.05, 0.1) is 32.1 Å². The average Bonchev–Trinajstić information content (AvgIpc) is 2.67. The quantitative estimate of drug-likeness (QED) is 0.524. The Bertz CT molecular complexity index is 819. The summed E-state index contributed by atoms with van der Waals surface area (Å²) in [6.45, 7) is 4.96. The lowest BCUT2D eigenvalue weighted by molar-refractivity contribution is -0.117. The Morgan fingerprint density at radius 3 is 2.62 bits per heavy atom. The maximum Gasteiger partial charge on any atom is 0.238 e. The van der Waals surface area contributed by atoms with Gasteiger partial charge in [0.25, 0.3) is 0 Å². The smallest absolute Gasteiger partial charge is 0.238 e. The highest BCUT2D eigenvalue weighted by Gasteiger charge is 2.16. The Kier molecular flexibility index (Phi) is 9.37. The average molecular weight is 469 g/mol. The number of carbonyl (C=O) groups is 1. The summed E-state index contributed by atoms with van der Waals surface area (Å²) in [5, 5.41) is 12.2. The van der Waals surface area contributed by atoms with E-state index in [2.05, 4.69) is 21.2 Å². The van der Waals surface area contributed by atoms with Crippen molar-refractivity contribution in [3.8, 4) is 11.5 Å². The van der Waals surface area contributed by atoms with E-state index in [0.717, 1.165) is 4.47 Å². The van der Waals surface area contributed by atoms with Crippen molar-refractivity contribution in [3.05, 3.63) is 52.3 Å². The molecule has 2 aromatic rings. The van der Waals surface area contributed by atoms with Gasteiger partial charge >= 0.3 is 0 Å². The van der Waals surface area contributed by atoms with E-state index in [1.54, 1.807) is 35.2 Å². The van der Waals surface area contributed by atoms with Crippen LogP contribution in [0.15, 0.2) is 40.9 Å². The molecule has 0 spiro atoms. The number of benzene rings is 2. The Morgan fingerprint density at radius 1 is 1.17 bits per heavy atom. The minimum Gasteiger partial charge on any atom is -0.494 e. The number of hydrogen-bond donors (Lipinski definition) is 2. The van der Waals surface area contributed by atoms with Gasteiger partial charge in [0.2, 0.25) is 5.91 Å². The molecular weight excluding hydrogens is 443 g/mol. The molecule has 2 aromatic carbocycles. The van der Waals surface area contributed by atoms with Crippen LogP contribution in [0.25, 0.3) is 0 Å². The van der Waals surface area contributed by atoms with Crippen molar-refractivity contribution in [2.75, 3.05) is 38.2 Å². The zero-order chi connectivity index (χ0) is 21.2. The summed E-state index contributed by atoms with van der Waals surface area (Å²) in [4.78, 5) is 14.3. The van der Waals surface area contributed by atoms with Crippen LogP contribution < -0.4 is 14.8 Å². The van der Waals surface area contributed by atoms with Gasteiger partial charge in [0.1, 0.15) is 17.3 Å². The number of ether oxygens (including phenoxy) is 2. The number of rotatable bonds is 11. The molecule has 0 aliphatic heterocycles. The van der Waals surface area contributed by atoms with Crippen LogP contribution in [0.2, 0.25) is 0 Å². The second-order valence-electron chi connectivity index (χ2n) is 6.24. The van der Waals surface area contributed by atoms with Crippen LogP contribution in [0.1, 0.15) is 19.4 Å². The predicted molar refractivity (Wildman–Crippen MR) is 114 cm³/mol. The van der Waals surface area contributed by atoms with E-state index >= 15 is 0 Å². The number of amides is 1. The first-order valence-electron chi connectivity index (χ1n) is 9.43. The number of hydrogen-bond acceptors (Lipinski definition) is 5. The van der Waals surface area contributed by atoms with Gasteiger partial charge in [-0.25, -0.2) is 4.39 Å². The van der Waals surface area contributed by atoms with Gasteiger partial charge in [-0.3, -0.25) is 9.69 Å². The maximum atomic E-state index is 14.1. The maximum absolute atomic E-state index is 14.1. The van der Waals surface area contributed by atoms with Crippen molar-refractivity contribution in [1.82, 2.24) is 4.90 Å². The number of carbonyl (C=O) groups excluding carboxylic acids is 1. The first-order chi connectivity index (χ1) is 14.0. The fourth-order valence-electron chi connectivity index (χ4n) is 2.80. The van der Waals surface area contributed by atoms with Crippen molar-refractivity contribution >= 4 is 27.5 Å². The Balaban J connectivity index is 2.11. The third-order valence-electron chi connectivity index (χ3n) is 4.02. The second-order valence-corrected chi connectivity index (χ2v) is 7.16. The van der Waals surface area contributed by atoms with Crippen LogP contribution >= 0.6 is 15.9 Å². The number of anilines is 1. The highest BCUT2D eigenvalue weighted by atomic mass is 79.9. The van der Waals surface area contributed by atoms with Crippen LogP contribution in [0.4, 0.5) is 10.1 Å². The van der Waals surface area contributed by atoms with E-state index in [4.69, 9.17) is 9.47 Å². The van der Waals surface area contributed by atoms with Gasteiger partial charge in [-0.05, 0) is 44.2 Å². The number of aliphatic hydroxyl groups is 1. The SMILES string of the molecule is CCOc1ccc(OCC)c(NC(=O)CN(CCO)Cc2cc(Br)ccc2F)c1. The van der Waals surface area contributed by atoms with E-state index in [0.29, 0.717) is 36.0 Å². The molecule has 0 saturated heterocycles. The van der Waals surface area contributed by atoms with Crippen LogP contribution in [-0.4, -0.2) is 48.8 Å². The molecule has 0 bridgehead atoms. The third-order valence-corrected chi connectivity index (χ3v) is 4.51. The van der Waals surface area contributed by atoms with E-state index in [1.807, 2.05) is 13.8 Å². The lowest BCUT2D eigenvalue weighted by atomic mass is 10.2. The summed E-state index contributed by atoms with van der Waals surface area (Å²) in [6, 6.07) is 9.87. The molecular formula is C21H26BrFN2O4. The molecule has 0 aliphatic carbocycles. The highest BCUT2D eigenvalue weighted by Crippen LogP contribution is 2.29. The van der Waals surface area contributed by atoms with Crippen molar-refractivity contribution in [2.24, 2.45) is 0 Å². The summed E-state index contributed by atoms with van der Waals surface area (Å²) >= 11 is 3.32. The number of halogens is 2. The van der Waals surface area contributed by atoms with Gasteiger partial charge in [-0.2, -0.15) is 0 Å². The molecule has 6 nitrogen and oxygen atoms in total. The standard InChI is InChI=1S/C21H26BrFN2O4/c1-3-28-17-6-8-20(29-4-2)19(12-17)24-21(27)14-25(9-10-26)13-15-11-16(22)5-7-18(15)23/h5-8,11-12,26H,3-4,9-10,13-14H2,1-2H3,(H,24,27). The minimum atomic E-state index is -0.361. The monoisotopic (exact) mass is 468 g/mol. The molecule has 1 amide bonds. The van der Waals surface area contributed by atoms with Crippen LogP contribution in [-0.2, 0) is 11.3 Å². The third kappa shape index (κ3) is 7.30. The molecule has 0 aliphatic rings. The lowest BCUT2D eigenvalue weighted by Gasteiger charge is -2.22. The Labute approximate surface area is 178 Å². The zero-order valence-corrected chi connectivity index (χ0v) is 18.2. The van der Waals surface area contributed by atoms with E-state index < -0.39 is 0 Å². The summed E-state index contributed by atoms with van der Waals surface area (Å²) in [5.41, 5.74) is 0.939. The Hall–Kier alpha value is -2.16. The van der Waals surface area contributed by atoms with Gasteiger partial charge in [0.15, 0.2) is 0 Å². The van der Waals surface area contributed by atoms with E-state index in [1.165, 1.54) is 6.07 Å². The van der Waals surface area contributed by atoms with Crippen molar-refractivity contribution in [2.45, 2.75) is 20.4 Å². The molecule has 0 saturated carbocycles. The second kappa shape index (κ2) is 11.7. The van der Waals surface area contributed by atoms with Crippen LogP contribution in [0.5, 0.6) is 11.5 Å². The molecule has 0 fully saturated rings. The first kappa shape index (κ1) is 23.1. The fourth-order valence-corrected chi connectivity index (χ4v) is 3.21. The summed E-state index contributed by atoms with van der Waals surface area (Å²) in [5.74, 6) is 0.494. The molecule has 0 atom stereocenters. The minimum absolute atomic E-state index is 0.0169. The molecule has 2 N–H and O–H groups in total. The fraction of sp³-hybridized carbons (Fsp3) is 0.381.